The molecule has 0 radical (unpaired) electrons. The second-order valence-electron chi connectivity index (χ2n) is 5.65. The summed E-state index contributed by atoms with van der Waals surface area (Å²) in [5, 5.41) is 0. The number of ether oxygens (including phenoxy) is 1. The molecule has 5 heteroatoms. The lowest BCUT2D eigenvalue weighted by Gasteiger charge is -2.43. The van der Waals surface area contributed by atoms with Crippen LogP contribution >= 0.6 is 0 Å². The number of hydrogen-bond donors (Lipinski definition) is 1. The minimum Gasteiger partial charge on any atom is -0.374 e. The van der Waals surface area contributed by atoms with Gasteiger partial charge in [0.1, 0.15) is 5.56 Å². The van der Waals surface area contributed by atoms with Crippen LogP contribution in [0.3, 0.4) is 0 Å². The van der Waals surface area contributed by atoms with Crippen LogP contribution in [0.4, 0.5) is 0 Å². The van der Waals surface area contributed by atoms with E-state index in [1.165, 1.54) is 12.3 Å². The average molecular weight is 276 g/mol. The van der Waals surface area contributed by atoms with Crippen LogP contribution in [-0.4, -0.2) is 41.1 Å². The fourth-order valence-electron chi connectivity index (χ4n) is 3.24. The molecule has 0 spiro atoms. The summed E-state index contributed by atoms with van der Waals surface area (Å²) in [6, 6.07) is 1.61. The Hall–Kier alpha value is -1.62. The van der Waals surface area contributed by atoms with Crippen molar-refractivity contribution in [1.29, 1.82) is 0 Å². The van der Waals surface area contributed by atoms with Gasteiger partial charge >= 0.3 is 0 Å². The van der Waals surface area contributed by atoms with Crippen molar-refractivity contribution < 1.29 is 9.53 Å². The number of carbonyl (C=O) groups is 1. The molecular formula is C15H20N2O3. The summed E-state index contributed by atoms with van der Waals surface area (Å²) in [4.78, 5) is 29.4. The van der Waals surface area contributed by atoms with Crippen LogP contribution < -0.4 is 5.43 Å². The molecule has 3 rings (SSSR count). The molecule has 1 aliphatic carbocycles. The van der Waals surface area contributed by atoms with Crippen molar-refractivity contribution in [1.82, 2.24) is 9.88 Å². The first-order valence-electron chi connectivity index (χ1n) is 7.29. The Bertz CT molecular complexity index is 564. The first-order chi connectivity index (χ1) is 9.66. The number of nitrogens with one attached hydrogen (secondary N) is 1. The molecule has 108 valence electrons. The van der Waals surface area contributed by atoms with Gasteiger partial charge in [-0.1, -0.05) is 12.8 Å². The molecule has 20 heavy (non-hydrogen) atoms. The zero-order valence-corrected chi connectivity index (χ0v) is 11.7. The molecule has 1 aromatic rings. The van der Waals surface area contributed by atoms with E-state index in [2.05, 4.69) is 4.98 Å². The fourth-order valence-corrected chi connectivity index (χ4v) is 3.24. The topological polar surface area (TPSA) is 62.4 Å². The standard InChI is InChI=1S/C15H20N2O3/c1-10-8-13(18)11(9-16-10)15(19)17-6-7-20-14-5-3-2-4-12(14)17/h8-9,12,14H,2-7H2,1H3,(H,16,18). The van der Waals surface area contributed by atoms with Gasteiger partial charge in [-0.2, -0.15) is 0 Å². The van der Waals surface area contributed by atoms with Crippen molar-refractivity contribution in [3.05, 3.63) is 33.7 Å². The summed E-state index contributed by atoms with van der Waals surface area (Å²) in [5.74, 6) is -0.161. The van der Waals surface area contributed by atoms with Crippen molar-refractivity contribution in [3.8, 4) is 0 Å². The number of nitrogens with zero attached hydrogens (tertiary/aromatic N) is 1. The molecule has 1 saturated heterocycles. The predicted molar refractivity (Wildman–Crippen MR) is 74.8 cm³/mol. The number of rotatable bonds is 1. The lowest BCUT2D eigenvalue weighted by atomic mass is 9.90. The van der Waals surface area contributed by atoms with Crippen LogP contribution in [0.2, 0.25) is 0 Å². The van der Waals surface area contributed by atoms with Crippen molar-refractivity contribution in [2.24, 2.45) is 0 Å². The molecule has 0 bridgehead atoms. The summed E-state index contributed by atoms with van der Waals surface area (Å²) in [7, 11) is 0. The van der Waals surface area contributed by atoms with E-state index in [4.69, 9.17) is 4.74 Å². The molecule has 2 aliphatic rings. The molecule has 1 saturated carbocycles. The van der Waals surface area contributed by atoms with E-state index in [9.17, 15) is 9.59 Å². The molecule has 5 nitrogen and oxygen atoms in total. The fraction of sp³-hybridized carbons (Fsp3) is 0.600. The Morgan fingerprint density at radius 2 is 2.20 bits per heavy atom. The number of amides is 1. The number of aromatic nitrogens is 1. The Labute approximate surface area is 117 Å². The Kier molecular flexibility index (Phi) is 3.61. The third kappa shape index (κ3) is 2.38. The van der Waals surface area contributed by atoms with Crippen LogP contribution in [0.1, 0.15) is 41.7 Å². The highest BCUT2D eigenvalue weighted by molar-refractivity contribution is 5.94. The molecule has 1 amide bonds. The maximum atomic E-state index is 12.6. The highest BCUT2D eigenvalue weighted by Crippen LogP contribution is 2.29. The van der Waals surface area contributed by atoms with Gasteiger partial charge in [-0.3, -0.25) is 9.59 Å². The summed E-state index contributed by atoms with van der Waals surface area (Å²) < 4.78 is 5.77. The second kappa shape index (κ2) is 5.40. The molecule has 1 aromatic heterocycles. The molecular weight excluding hydrogens is 256 g/mol. The summed E-state index contributed by atoms with van der Waals surface area (Å²) in [6.45, 7) is 2.95. The first kappa shape index (κ1) is 13.4. The molecule has 2 fully saturated rings. The second-order valence-corrected chi connectivity index (χ2v) is 5.65. The van der Waals surface area contributed by atoms with Crippen LogP contribution in [0.25, 0.3) is 0 Å². The van der Waals surface area contributed by atoms with Gasteiger partial charge in [0.15, 0.2) is 5.43 Å². The van der Waals surface area contributed by atoms with E-state index in [1.807, 2.05) is 11.8 Å². The Morgan fingerprint density at radius 3 is 3.00 bits per heavy atom. The van der Waals surface area contributed by atoms with Gasteiger partial charge in [0.05, 0.1) is 18.8 Å². The minimum absolute atomic E-state index is 0.130. The quantitative estimate of drug-likeness (QED) is 0.845. The number of morpholine rings is 1. The van der Waals surface area contributed by atoms with Gasteiger partial charge in [-0.15, -0.1) is 0 Å². The van der Waals surface area contributed by atoms with E-state index in [-0.39, 0.29) is 29.0 Å². The number of H-pyrrole nitrogens is 1. The van der Waals surface area contributed by atoms with Crippen LogP contribution in [0.15, 0.2) is 17.1 Å². The third-order valence-electron chi connectivity index (χ3n) is 4.28. The monoisotopic (exact) mass is 276 g/mol. The number of carbonyl (C=O) groups excluding carboxylic acids is 1. The molecule has 1 N–H and O–H groups in total. The summed E-state index contributed by atoms with van der Waals surface area (Å²) >= 11 is 0. The maximum absolute atomic E-state index is 12.6. The van der Waals surface area contributed by atoms with Crippen LogP contribution in [0.5, 0.6) is 0 Å². The largest absolute Gasteiger partial charge is 0.374 e. The smallest absolute Gasteiger partial charge is 0.259 e. The molecule has 1 aliphatic heterocycles. The van der Waals surface area contributed by atoms with Crippen LogP contribution in [-0.2, 0) is 4.74 Å². The first-order valence-corrected chi connectivity index (χ1v) is 7.29. The van der Waals surface area contributed by atoms with Gasteiger partial charge in [0.2, 0.25) is 0 Å². The van der Waals surface area contributed by atoms with E-state index in [1.54, 1.807) is 0 Å². The molecule has 2 unspecified atom stereocenters. The highest BCUT2D eigenvalue weighted by atomic mass is 16.5. The normalized spacial score (nSPS) is 26.1. The van der Waals surface area contributed by atoms with Crippen molar-refractivity contribution >= 4 is 5.91 Å². The SMILES string of the molecule is Cc1cc(=O)c(C(=O)N2CCOC3CCCCC32)c[nH]1. The van der Waals surface area contributed by atoms with Gasteiger partial charge in [-0.25, -0.2) is 0 Å². The van der Waals surface area contributed by atoms with Crippen molar-refractivity contribution in [2.45, 2.75) is 44.8 Å². The number of aryl methyl sites for hydroxylation is 1. The van der Waals surface area contributed by atoms with Gasteiger partial charge in [-0.05, 0) is 19.8 Å². The zero-order chi connectivity index (χ0) is 14.1. The molecule has 0 aromatic carbocycles. The average Bonchev–Trinajstić information content (AvgIpc) is 2.46. The maximum Gasteiger partial charge on any atom is 0.259 e. The molecule has 2 atom stereocenters. The van der Waals surface area contributed by atoms with Gasteiger partial charge < -0.3 is 14.6 Å². The van der Waals surface area contributed by atoms with E-state index in [0.29, 0.717) is 13.2 Å². The lowest BCUT2D eigenvalue weighted by molar-refractivity contribution is -0.0753. The van der Waals surface area contributed by atoms with Crippen molar-refractivity contribution in [2.75, 3.05) is 13.2 Å². The summed E-state index contributed by atoms with van der Waals surface area (Å²) in [6.07, 6.45) is 5.95. The highest BCUT2D eigenvalue weighted by Gasteiger charge is 2.37. The van der Waals surface area contributed by atoms with Crippen LogP contribution in [0, 0.1) is 6.92 Å². The Morgan fingerprint density at radius 1 is 1.40 bits per heavy atom. The van der Waals surface area contributed by atoms with E-state index < -0.39 is 0 Å². The zero-order valence-electron chi connectivity index (χ0n) is 11.7. The predicted octanol–water partition coefficient (Wildman–Crippen LogP) is 1.47. The number of fused-ring (bicyclic) bond motifs is 1. The van der Waals surface area contributed by atoms with E-state index >= 15 is 0 Å². The lowest BCUT2D eigenvalue weighted by Crippen LogP contribution is -2.55. The number of aromatic amines is 1. The number of pyridine rings is 1. The van der Waals surface area contributed by atoms with Crippen molar-refractivity contribution in [3.63, 3.8) is 0 Å². The molecule has 2 heterocycles. The third-order valence-corrected chi connectivity index (χ3v) is 4.28. The minimum atomic E-state index is -0.204. The summed E-state index contributed by atoms with van der Waals surface area (Å²) in [5.41, 5.74) is 0.802. The number of hydrogen-bond acceptors (Lipinski definition) is 3. The van der Waals surface area contributed by atoms with E-state index in [0.717, 1.165) is 31.4 Å². The Balaban J connectivity index is 1.87. The van der Waals surface area contributed by atoms with Gasteiger partial charge in [0.25, 0.3) is 5.91 Å². The van der Waals surface area contributed by atoms with Gasteiger partial charge in [0, 0.05) is 24.5 Å².